The number of halogens is 1. The van der Waals surface area contributed by atoms with Crippen LogP contribution in [0.4, 0.5) is 0 Å². The Balaban J connectivity index is 3.03. The quantitative estimate of drug-likeness (QED) is 0.517. The molecule has 0 unspecified atom stereocenters. The van der Waals surface area contributed by atoms with Gasteiger partial charge in [0.2, 0.25) is 0 Å². The fourth-order valence-electron chi connectivity index (χ4n) is 0.823. The van der Waals surface area contributed by atoms with E-state index in [0.29, 0.717) is 4.47 Å². The molecule has 0 spiro atoms. The molecule has 4 nitrogen and oxygen atoms in total. The van der Waals surface area contributed by atoms with Crippen LogP contribution in [0.15, 0.2) is 28.7 Å². The van der Waals surface area contributed by atoms with Gasteiger partial charge in [0.25, 0.3) is 5.78 Å². The van der Waals surface area contributed by atoms with Crippen molar-refractivity contribution < 1.29 is 20.1 Å². The van der Waals surface area contributed by atoms with Crippen LogP contribution < -0.4 is 0 Å². The van der Waals surface area contributed by atoms with Crippen molar-refractivity contribution in [3.05, 3.63) is 34.3 Å². The second kappa shape index (κ2) is 3.55. The van der Waals surface area contributed by atoms with Crippen molar-refractivity contribution in [3.63, 3.8) is 0 Å². The number of hydrogen-bond donors (Lipinski definition) is 3. The Labute approximate surface area is 82.6 Å². The lowest BCUT2D eigenvalue weighted by molar-refractivity contribution is -0.267. The Hall–Kier alpha value is -0.750. The molecule has 0 amide bonds. The van der Waals surface area contributed by atoms with Gasteiger partial charge >= 0.3 is 5.97 Å². The van der Waals surface area contributed by atoms with Crippen LogP contribution in [0.1, 0.15) is 10.4 Å². The summed E-state index contributed by atoms with van der Waals surface area (Å²) in [5.74, 6) is -4.46. The van der Waals surface area contributed by atoms with Gasteiger partial charge in [-0.3, -0.25) is 4.79 Å². The zero-order valence-electron chi connectivity index (χ0n) is 6.44. The number of carbonyl (C=O) groups is 1. The topological polar surface area (TPSA) is 77.8 Å². The van der Waals surface area contributed by atoms with Gasteiger partial charge in [0.05, 0.1) is 0 Å². The average Bonchev–Trinajstić information content (AvgIpc) is 2.01. The van der Waals surface area contributed by atoms with Crippen LogP contribution in [0.3, 0.4) is 0 Å². The molecule has 0 aliphatic heterocycles. The van der Waals surface area contributed by atoms with E-state index in [1.54, 1.807) is 12.1 Å². The highest BCUT2D eigenvalue weighted by Crippen LogP contribution is 2.14. The molecule has 0 saturated carbocycles. The lowest BCUT2D eigenvalue weighted by atomic mass is 10.1. The second-order valence-electron chi connectivity index (χ2n) is 2.47. The van der Waals surface area contributed by atoms with Gasteiger partial charge in [-0.15, -0.1) is 0 Å². The highest BCUT2D eigenvalue weighted by molar-refractivity contribution is 9.10. The molecule has 1 aromatic rings. The van der Waals surface area contributed by atoms with Crippen LogP contribution >= 0.6 is 15.9 Å². The zero-order chi connectivity index (χ0) is 10.1. The summed E-state index contributed by atoms with van der Waals surface area (Å²) in [7, 11) is 0. The van der Waals surface area contributed by atoms with E-state index in [0.717, 1.165) is 0 Å². The second-order valence-corrected chi connectivity index (χ2v) is 3.39. The summed E-state index contributed by atoms with van der Waals surface area (Å²) >= 11 is 3.10. The van der Waals surface area contributed by atoms with Gasteiger partial charge in [-0.1, -0.05) is 28.1 Å². The first kappa shape index (κ1) is 10.3. The van der Waals surface area contributed by atoms with Crippen LogP contribution in [0.5, 0.6) is 0 Å². The fourth-order valence-corrected chi connectivity index (χ4v) is 1.22. The van der Waals surface area contributed by atoms with Gasteiger partial charge in [-0.05, 0) is 12.1 Å². The molecule has 5 heteroatoms. The Morgan fingerprint density at radius 2 is 1.92 bits per heavy atom. The maximum Gasteiger partial charge on any atom is 0.344 e. The summed E-state index contributed by atoms with van der Waals surface area (Å²) in [6.07, 6.45) is 0. The lowest BCUT2D eigenvalue weighted by Gasteiger charge is -2.11. The van der Waals surface area contributed by atoms with Crippen LogP contribution in [-0.4, -0.2) is 27.1 Å². The molecule has 1 aromatic carbocycles. The Morgan fingerprint density at radius 1 is 1.31 bits per heavy atom. The standard InChI is InChI=1S/C8H7BrO4/c9-6-3-1-2-5(4-6)7(10)8(11,12)13/h1-4,11-13H. The van der Waals surface area contributed by atoms with E-state index in [9.17, 15) is 4.79 Å². The normalized spacial score (nSPS) is 11.4. The van der Waals surface area contributed by atoms with Gasteiger partial charge in [0, 0.05) is 10.0 Å². The van der Waals surface area contributed by atoms with E-state index in [1.165, 1.54) is 12.1 Å². The van der Waals surface area contributed by atoms with Crippen LogP contribution in [0, 0.1) is 0 Å². The maximum absolute atomic E-state index is 11.0. The minimum absolute atomic E-state index is 0.0156. The van der Waals surface area contributed by atoms with Crippen LogP contribution in [-0.2, 0) is 0 Å². The highest BCUT2D eigenvalue weighted by Gasteiger charge is 2.31. The molecule has 70 valence electrons. The Morgan fingerprint density at radius 3 is 2.38 bits per heavy atom. The van der Waals surface area contributed by atoms with E-state index in [4.69, 9.17) is 15.3 Å². The molecule has 0 aliphatic rings. The Kier molecular flexibility index (Phi) is 2.82. The van der Waals surface area contributed by atoms with Crippen molar-refractivity contribution in [2.24, 2.45) is 0 Å². The predicted molar refractivity (Wildman–Crippen MR) is 47.9 cm³/mol. The molecule has 3 N–H and O–H groups in total. The molecule has 0 saturated heterocycles. The lowest BCUT2D eigenvalue weighted by Crippen LogP contribution is -2.37. The van der Waals surface area contributed by atoms with E-state index in [2.05, 4.69) is 15.9 Å². The maximum atomic E-state index is 11.0. The largest absolute Gasteiger partial charge is 0.344 e. The van der Waals surface area contributed by atoms with Crippen molar-refractivity contribution in [2.75, 3.05) is 0 Å². The third-order valence-electron chi connectivity index (χ3n) is 1.39. The minimum atomic E-state index is -3.30. The van der Waals surface area contributed by atoms with Crippen molar-refractivity contribution in [2.45, 2.75) is 5.97 Å². The van der Waals surface area contributed by atoms with E-state index < -0.39 is 11.8 Å². The molecule has 0 fully saturated rings. The monoisotopic (exact) mass is 246 g/mol. The molecular weight excluding hydrogens is 240 g/mol. The van der Waals surface area contributed by atoms with Crippen molar-refractivity contribution in [3.8, 4) is 0 Å². The van der Waals surface area contributed by atoms with Gasteiger partial charge in [-0.25, -0.2) is 0 Å². The predicted octanol–water partition coefficient (Wildman–Crippen LogP) is 0.263. The number of rotatable bonds is 2. The first-order chi connectivity index (χ1) is 5.91. The molecule has 0 radical (unpaired) electrons. The smallest absolute Gasteiger partial charge is 0.337 e. The van der Waals surface area contributed by atoms with Crippen molar-refractivity contribution in [1.82, 2.24) is 0 Å². The third kappa shape index (κ3) is 2.60. The minimum Gasteiger partial charge on any atom is -0.337 e. The van der Waals surface area contributed by atoms with E-state index in [-0.39, 0.29) is 5.56 Å². The van der Waals surface area contributed by atoms with Gasteiger partial charge in [0.1, 0.15) is 0 Å². The zero-order valence-corrected chi connectivity index (χ0v) is 8.02. The number of carbonyl (C=O) groups excluding carboxylic acids is 1. The molecule has 0 bridgehead atoms. The average molecular weight is 247 g/mol. The number of benzene rings is 1. The van der Waals surface area contributed by atoms with Crippen LogP contribution in [0.2, 0.25) is 0 Å². The van der Waals surface area contributed by atoms with Gasteiger partial charge in [0.15, 0.2) is 0 Å². The number of ketones is 1. The summed E-state index contributed by atoms with van der Waals surface area (Å²) in [6.45, 7) is 0. The SMILES string of the molecule is O=C(c1cccc(Br)c1)C(O)(O)O. The molecular formula is C8H7BrO4. The summed E-state index contributed by atoms with van der Waals surface area (Å²) < 4.78 is 0.614. The van der Waals surface area contributed by atoms with Crippen LogP contribution in [0.25, 0.3) is 0 Å². The first-order valence-corrected chi connectivity index (χ1v) is 4.18. The molecule has 13 heavy (non-hydrogen) atoms. The van der Waals surface area contributed by atoms with E-state index in [1.807, 2.05) is 0 Å². The molecule has 0 aromatic heterocycles. The summed E-state index contributed by atoms with van der Waals surface area (Å²) in [5, 5.41) is 25.7. The molecule has 0 aliphatic carbocycles. The molecule has 0 heterocycles. The number of aliphatic hydroxyl groups is 3. The number of hydrogen-bond acceptors (Lipinski definition) is 4. The summed E-state index contributed by atoms with van der Waals surface area (Å²) in [5.41, 5.74) is 0.0156. The van der Waals surface area contributed by atoms with Gasteiger partial charge < -0.3 is 15.3 Å². The summed E-state index contributed by atoms with van der Waals surface area (Å²) in [6, 6.07) is 5.96. The number of Topliss-reactive ketones (excluding diaryl/α,β-unsaturated/α-hetero) is 1. The summed E-state index contributed by atoms with van der Waals surface area (Å²) in [4.78, 5) is 11.0. The third-order valence-corrected chi connectivity index (χ3v) is 1.88. The molecule has 0 atom stereocenters. The van der Waals surface area contributed by atoms with Crippen molar-refractivity contribution >= 4 is 21.7 Å². The van der Waals surface area contributed by atoms with Gasteiger partial charge in [-0.2, -0.15) is 0 Å². The van der Waals surface area contributed by atoms with E-state index >= 15 is 0 Å². The molecule has 1 rings (SSSR count). The highest BCUT2D eigenvalue weighted by atomic mass is 79.9. The Bertz CT molecular complexity index is 329. The van der Waals surface area contributed by atoms with Crippen molar-refractivity contribution in [1.29, 1.82) is 0 Å². The fraction of sp³-hybridized carbons (Fsp3) is 0.125. The first-order valence-electron chi connectivity index (χ1n) is 3.39.